The van der Waals surface area contributed by atoms with E-state index in [2.05, 4.69) is 30.9 Å². The Morgan fingerprint density at radius 1 is 1.11 bits per heavy atom. The van der Waals surface area contributed by atoms with Crippen molar-refractivity contribution < 1.29 is 9.90 Å². The van der Waals surface area contributed by atoms with Gasteiger partial charge >= 0.3 is 5.97 Å². The molecule has 0 spiro atoms. The summed E-state index contributed by atoms with van der Waals surface area (Å²) in [5.41, 5.74) is 1.33. The third-order valence-corrected chi connectivity index (χ3v) is 3.16. The van der Waals surface area contributed by atoms with Crippen LogP contribution in [0.2, 0.25) is 0 Å². The molecular weight excluding hydrogens is 240 g/mol. The van der Waals surface area contributed by atoms with Crippen LogP contribution in [0.3, 0.4) is 0 Å². The number of likely N-dealkylation sites (N-methyl/N-ethyl adjacent to an activating group) is 1. The first-order valence-corrected chi connectivity index (χ1v) is 6.65. The van der Waals surface area contributed by atoms with Crippen molar-refractivity contribution in [3.8, 4) is 0 Å². The molecule has 0 aliphatic rings. The first kappa shape index (κ1) is 15.7. The number of carboxylic acids is 1. The minimum absolute atomic E-state index is 0.421. The first-order valence-electron chi connectivity index (χ1n) is 6.65. The number of carboxylic acid groups (broad SMARTS) is 1. The van der Waals surface area contributed by atoms with Crippen molar-refractivity contribution in [1.29, 1.82) is 0 Å². The van der Waals surface area contributed by atoms with Gasteiger partial charge in [0.1, 0.15) is 0 Å². The molecule has 19 heavy (non-hydrogen) atoms. The smallest absolute Gasteiger partial charge is 0.335 e. The Balaban J connectivity index is 2.42. The minimum atomic E-state index is -0.842. The fourth-order valence-corrected chi connectivity index (χ4v) is 2.03. The fraction of sp³-hybridized carbons (Fsp3) is 0.533. The van der Waals surface area contributed by atoms with E-state index in [4.69, 9.17) is 5.11 Å². The number of nitrogens with zero attached hydrogens (tertiary/aromatic N) is 2. The van der Waals surface area contributed by atoms with E-state index in [0.717, 1.165) is 38.0 Å². The topological polar surface area (TPSA) is 43.8 Å². The Hall–Kier alpha value is -1.39. The number of carbonyl (C=O) groups is 1. The van der Waals surface area contributed by atoms with Gasteiger partial charge in [0.25, 0.3) is 0 Å². The Morgan fingerprint density at radius 3 is 2.42 bits per heavy atom. The van der Waals surface area contributed by atoms with Crippen molar-refractivity contribution in [2.45, 2.75) is 12.8 Å². The van der Waals surface area contributed by atoms with E-state index in [1.165, 1.54) is 0 Å². The van der Waals surface area contributed by atoms with Crippen LogP contribution in [-0.4, -0.2) is 61.7 Å². The van der Waals surface area contributed by atoms with Crippen molar-refractivity contribution >= 4 is 5.97 Å². The van der Waals surface area contributed by atoms with E-state index in [9.17, 15) is 4.79 Å². The molecule has 0 fully saturated rings. The molecule has 0 radical (unpaired) electrons. The maximum absolute atomic E-state index is 11.1. The van der Waals surface area contributed by atoms with Crippen LogP contribution in [0.15, 0.2) is 24.3 Å². The first-order chi connectivity index (χ1) is 9.00. The zero-order chi connectivity index (χ0) is 14.3. The van der Waals surface area contributed by atoms with Crippen molar-refractivity contribution in [2.24, 2.45) is 0 Å². The van der Waals surface area contributed by atoms with E-state index >= 15 is 0 Å². The molecule has 4 heteroatoms. The molecule has 1 N–H and O–H groups in total. The van der Waals surface area contributed by atoms with Gasteiger partial charge < -0.3 is 14.9 Å². The molecule has 0 unspecified atom stereocenters. The van der Waals surface area contributed by atoms with Crippen LogP contribution < -0.4 is 0 Å². The Labute approximate surface area is 115 Å². The van der Waals surface area contributed by atoms with Crippen LogP contribution >= 0.6 is 0 Å². The summed E-state index contributed by atoms with van der Waals surface area (Å²) in [4.78, 5) is 15.5. The number of rotatable bonds is 8. The zero-order valence-corrected chi connectivity index (χ0v) is 12.1. The predicted octanol–water partition coefficient (Wildman–Crippen LogP) is 1.81. The molecule has 0 amide bonds. The van der Waals surface area contributed by atoms with Gasteiger partial charge in [-0.3, -0.25) is 0 Å². The third kappa shape index (κ3) is 5.85. The number of hydrogen-bond donors (Lipinski definition) is 1. The molecule has 0 bridgehead atoms. The summed E-state index contributed by atoms with van der Waals surface area (Å²) >= 11 is 0. The highest BCUT2D eigenvalue weighted by Gasteiger charge is 2.09. The molecule has 106 valence electrons. The van der Waals surface area contributed by atoms with E-state index in [0.29, 0.717) is 5.56 Å². The summed E-state index contributed by atoms with van der Waals surface area (Å²) in [6, 6.07) is 7.24. The monoisotopic (exact) mass is 264 g/mol. The van der Waals surface area contributed by atoms with Gasteiger partial charge in [-0.2, -0.15) is 0 Å². The van der Waals surface area contributed by atoms with Crippen LogP contribution in [0.5, 0.6) is 0 Å². The fourth-order valence-electron chi connectivity index (χ4n) is 2.03. The molecule has 0 aliphatic heterocycles. The lowest BCUT2D eigenvalue weighted by Crippen LogP contribution is -2.26. The molecule has 1 rings (SSSR count). The second kappa shape index (κ2) is 7.92. The molecule has 0 atom stereocenters. The van der Waals surface area contributed by atoms with Gasteiger partial charge in [0, 0.05) is 6.54 Å². The van der Waals surface area contributed by atoms with Gasteiger partial charge in [-0.15, -0.1) is 0 Å². The minimum Gasteiger partial charge on any atom is -0.478 e. The summed E-state index contributed by atoms with van der Waals surface area (Å²) in [5.74, 6) is -0.842. The van der Waals surface area contributed by atoms with Gasteiger partial charge in [-0.05, 0) is 58.7 Å². The van der Waals surface area contributed by atoms with Gasteiger partial charge in [0.2, 0.25) is 0 Å². The molecule has 0 heterocycles. The number of aromatic carboxylic acids is 1. The maximum Gasteiger partial charge on any atom is 0.335 e. The molecule has 1 aromatic rings. The summed E-state index contributed by atoms with van der Waals surface area (Å²) in [6.45, 7) is 3.00. The highest BCUT2D eigenvalue weighted by Crippen LogP contribution is 2.10. The van der Waals surface area contributed by atoms with Gasteiger partial charge in [-0.1, -0.05) is 18.2 Å². The van der Waals surface area contributed by atoms with Crippen molar-refractivity contribution in [3.63, 3.8) is 0 Å². The standard InChI is InChI=1S/C15H24N2O2/c1-16(2)10-6-11-17(3)12-9-13-7-4-5-8-14(13)15(18)19/h4-5,7-8H,6,9-12H2,1-3H3,(H,18,19). The normalized spacial score (nSPS) is 11.2. The second-order valence-electron chi connectivity index (χ2n) is 5.17. The Bertz CT molecular complexity index is 405. The molecule has 0 saturated carbocycles. The quantitative estimate of drug-likeness (QED) is 0.777. The van der Waals surface area contributed by atoms with E-state index in [1.807, 2.05) is 12.1 Å². The summed E-state index contributed by atoms with van der Waals surface area (Å²) in [7, 11) is 6.23. The van der Waals surface area contributed by atoms with Crippen molar-refractivity contribution in [2.75, 3.05) is 40.8 Å². The van der Waals surface area contributed by atoms with Gasteiger partial charge in [-0.25, -0.2) is 4.79 Å². The lowest BCUT2D eigenvalue weighted by Gasteiger charge is -2.18. The average molecular weight is 264 g/mol. The van der Waals surface area contributed by atoms with Crippen molar-refractivity contribution in [3.05, 3.63) is 35.4 Å². The van der Waals surface area contributed by atoms with Crippen LogP contribution in [0.25, 0.3) is 0 Å². The van der Waals surface area contributed by atoms with Crippen molar-refractivity contribution in [1.82, 2.24) is 9.80 Å². The van der Waals surface area contributed by atoms with Crippen LogP contribution in [0.1, 0.15) is 22.3 Å². The molecule has 0 saturated heterocycles. The third-order valence-electron chi connectivity index (χ3n) is 3.16. The Morgan fingerprint density at radius 2 is 1.79 bits per heavy atom. The highest BCUT2D eigenvalue weighted by atomic mass is 16.4. The Kier molecular flexibility index (Phi) is 6.53. The molecule has 4 nitrogen and oxygen atoms in total. The lowest BCUT2D eigenvalue weighted by atomic mass is 10.0. The zero-order valence-electron chi connectivity index (χ0n) is 12.1. The molecule has 1 aromatic carbocycles. The molecular formula is C15H24N2O2. The van der Waals surface area contributed by atoms with Crippen LogP contribution in [0.4, 0.5) is 0 Å². The predicted molar refractivity (Wildman–Crippen MR) is 77.8 cm³/mol. The number of benzene rings is 1. The second-order valence-corrected chi connectivity index (χ2v) is 5.17. The number of hydrogen-bond acceptors (Lipinski definition) is 3. The lowest BCUT2D eigenvalue weighted by molar-refractivity contribution is 0.0695. The van der Waals surface area contributed by atoms with Gasteiger partial charge in [0.15, 0.2) is 0 Å². The maximum atomic E-state index is 11.1. The van der Waals surface area contributed by atoms with Crippen LogP contribution in [-0.2, 0) is 6.42 Å². The highest BCUT2D eigenvalue weighted by molar-refractivity contribution is 5.89. The summed E-state index contributed by atoms with van der Waals surface area (Å²) in [5, 5.41) is 9.11. The van der Waals surface area contributed by atoms with E-state index < -0.39 is 5.97 Å². The van der Waals surface area contributed by atoms with E-state index in [-0.39, 0.29) is 0 Å². The summed E-state index contributed by atoms with van der Waals surface area (Å²) in [6.07, 6.45) is 1.91. The van der Waals surface area contributed by atoms with Gasteiger partial charge in [0.05, 0.1) is 5.56 Å². The van der Waals surface area contributed by atoms with E-state index in [1.54, 1.807) is 12.1 Å². The SMILES string of the molecule is CN(C)CCCN(C)CCc1ccccc1C(=O)O. The largest absolute Gasteiger partial charge is 0.478 e. The average Bonchev–Trinajstić information content (AvgIpc) is 2.36. The summed E-state index contributed by atoms with van der Waals surface area (Å²) < 4.78 is 0. The molecule has 0 aromatic heterocycles. The van der Waals surface area contributed by atoms with Crippen LogP contribution in [0, 0.1) is 0 Å². The molecule has 0 aliphatic carbocycles.